The number of nitrogens with zero attached hydrogens (tertiary/aromatic N) is 6. The number of rotatable bonds is 8. The van der Waals surface area contributed by atoms with Gasteiger partial charge in [0.2, 0.25) is 5.91 Å². The molecule has 12 heteroatoms. The number of hydrogen-bond donors (Lipinski definition) is 0. The fourth-order valence-corrected chi connectivity index (χ4v) is 4.37. The molecule has 2 aliphatic heterocycles. The monoisotopic (exact) mass is 474 g/mol. The molecule has 1 amide bonds. The molecule has 3 heterocycles. The van der Waals surface area contributed by atoms with Crippen molar-refractivity contribution in [2.24, 2.45) is 0 Å². The van der Waals surface area contributed by atoms with E-state index in [1.807, 2.05) is 16.8 Å². The molecule has 2 fully saturated rings. The zero-order chi connectivity index (χ0) is 23.0. The van der Waals surface area contributed by atoms with E-state index in [2.05, 4.69) is 15.1 Å². The lowest BCUT2D eigenvalue weighted by Gasteiger charge is -2.26. The molecule has 0 unspecified atom stereocenters. The predicted molar refractivity (Wildman–Crippen MR) is 123 cm³/mol. The van der Waals surface area contributed by atoms with Crippen LogP contribution in [0.1, 0.15) is 0 Å². The first-order valence-corrected chi connectivity index (χ1v) is 11.7. The molecule has 33 heavy (non-hydrogen) atoms. The first kappa shape index (κ1) is 23.4. The molecular weight excluding hydrogens is 448 g/mol. The molecule has 1 aromatic heterocycles. The highest BCUT2D eigenvalue weighted by atomic mass is 32.2. The van der Waals surface area contributed by atoms with Crippen molar-refractivity contribution in [3.63, 3.8) is 0 Å². The largest absolute Gasteiger partial charge is 0.379 e. The van der Waals surface area contributed by atoms with Gasteiger partial charge in [0.25, 0.3) is 5.69 Å². The summed E-state index contributed by atoms with van der Waals surface area (Å²) in [6.07, 6.45) is 3.92. The van der Waals surface area contributed by atoms with Crippen molar-refractivity contribution in [3.8, 4) is 11.4 Å². The number of non-ortho nitro benzene ring substituents is 1. The van der Waals surface area contributed by atoms with E-state index in [1.54, 1.807) is 17.0 Å². The fourth-order valence-electron chi connectivity index (χ4n) is 3.55. The molecule has 1 aromatic carbocycles. The summed E-state index contributed by atoms with van der Waals surface area (Å²) in [5.41, 5.74) is 0.717. The van der Waals surface area contributed by atoms with Crippen LogP contribution < -0.4 is 0 Å². The maximum atomic E-state index is 12.6. The van der Waals surface area contributed by atoms with Gasteiger partial charge in [-0.3, -0.25) is 24.4 Å². The van der Waals surface area contributed by atoms with Crippen LogP contribution in [0.15, 0.2) is 35.5 Å². The molecule has 2 aliphatic rings. The van der Waals surface area contributed by atoms with E-state index in [0.717, 1.165) is 32.8 Å². The second kappa shape index (κ2) is 11.4. The van der Waals surface area contributed by atoms with Crippen LogP contribution in [0, 0.1) is 10.1 Å². The Balaban J connectivity index is 1.51. The Morgan fingerprint density at radius 3 is 2.39 bits per heavy atom. The van der Waals surface area contributed by atoms with Crippen LogP contribution >= 0.6 is 11.8 Å². The van der Waals surface area contributed by atoms with E-state index in [9.17, 15) is 14.9 Å². The number of amides is 1. The van der Waals surface area contributed by atoms with Gasteiger partial charge in [-0.05, 0) is 12.1 Å². The van der Waals surface area contributed by atoms with E-state index in [-0.39, 0.29) is 17.3 Å². The molecule has 0 aliphatic carbocycles. The maximum Gasteiger partial charge on any atom is 0.269 e. The topological polar surface area (TPSA) is 116 Å². The van der Waals surface area contributed by atoms with Crippen LogP contribution in [0.4, 0.5) is 5.69 Å². The zero-order valence-corrected chi connectivity index (χ0v) is 19.0. The van der Waals surface area contributed by atoms with Crippen molar-refractivity contribution < 1.29 is 19.2 Å². The number of nitro groups is 1. The SMILES string of the molecule is O=C(CSc1nnc(-c2ccc([N+](=O)[O-])cc2)n1/C=C/CN1CCOCC1)N1CCOCC1. The van der Waals surface area contributed by atoms with Crippen molar-refractivity contribution in [2.75, 3.05) is 64.9 Å². The van der Waals surface area contributed by atoms with Gasteiger partial charge in [0, 0.05) is 56.6 Å². The minimum absolute atomic E-state index is 0.0124. The van der Waals surface area contributed by atoms with Crippen LogP contribution in [0.25, 0.3) is 17.6 Å². The summed E-state index contributed by atoms with van der Waals surface area (Å²) in [6.45, 7) is 6.24. The Morgan fingerprint density at radius 2 is 1.73 bits per heavy atom. The maximum absolute atomic E-state index is 12.6. The van der Waals surface area contributed by atoms with Crippen LogP contribution in [0.2, 0.25) is 0 Å². The first-order valence-electron chi connectivity index (χ1n) is 10.8. The molecule has 2 saturated heterocycles. The van der Waals surface area contributed by atoms with Crippen LogP contribution in [-0.2, 0) is 14.3 Å². The van der Waals surface area contributed by atoms with Gasteiger partial charge in [-0.25, -0.2) is 0 Å². The Morgan fingerprint density at radius 1 is 1.06 bits per heavy atom. The Kier molecular flexibility index (Phi) is 8.05. The van der Waals surface area contributed by atoms with Gasteiger partial charge in [-0.1, -0.05) is 17.8 Å². The minimum atomic E-state index is -0.435. The average molecular weight is 475 g/mol. The van der Waals surface area contributed by atoms with Crippen LogP contribution in [0.3, 0.4) is 0 Å². The molecular formula is C21H26N6O5S. The first-order chi connectivity index (χ1) is 16.1. The molecule has 0 atom stereocenters. The van der Waals surface area contributed by atoms with Crippen LogP contribution in [0.5, 0.6) is 0 Å². The molecule has 176 valence electrons. The van der Waals surface area contributed by atoms with Crippen molar-refractivity contribution in [1.82, 2.24) is 24.6 Å². The summed E-state index contributed by atoms with van der Waals surface area (Å²) in [6, 6.07) is 6.20. The molecule has 2 aromatic rings. The van der Waals surface area contributed by atoms with Gasteiger partial charge in [0.15, 0.2) is 11.0 Å². The Hall–Kier alpha value is -2.80. The lowest BCUT2D eigenvalue weighted by molar-refractivity contribution is -0.384. The highest BCUT2D eigenvalue weighted by Crippen LogP contribution is 2.26. The summed E-state index contributed by atoms with van der Waals surface area (Å²) in [5, 5.41) is 20.2. The van der Waals surface area contributed by atoms with E-state index in [0.29, 0.717) is 42.8 Å². The third-order valence-corrected chi connectivity index (χ3v) is 6.34. The third kappa shape index (κ3) is 6.16. The summed E-state index contributed by atoms with van der Waals surface area (Å²) < 4.78 is 12.5. The van der Waals surface area contributed by atoms with Crippen molar-refractivity contribution in [1.29, 1.82) is 0 Å². The number of carbonyl (C=O) groups is 1. The van der Waals surface area contributed by atoms with E-state index >= 15 is 0 Å². The number of benzene rings is 1. The lowest BCUT2D eigenvalue weighted by atomic mass is 10.2. The second-order valence-electron chi connectivity index (χ2n) is 7.56. The second-order valence-corrected chi connectivity index (χ2v) is 8.50. The number of aromatic nitrogens is 3. The molecule has 0 saturated carbocycles. The van der Waals surface area contributed by atoms with Gasteiger partial charge in [-0.15, -0.1) is 10.2 Å². The van der Waals surface area contributed by atoms with E-state index in [1.165, 1.54) is 23.9 Å². The van der Waals surface area contributed by atoms with Gasteiger partial charge >= 0.3 is 0 Å². The van der Waals surface area contributed by atoms with Gasteiger partial charge in [0.1, 0.15) is 0 Å². The summed E-state index contributed by atoms with van der Waals surface area (Å²) in [7, 11) is 0. The van der Waals surface area contributed by atoms with Crippen molar-refractivity contribution in [3.05, 3.63) is 40.5 Å². The third-order valence-electron chi connectivity index (χ3n) is 5.41. The van der Waals surface area contributed by atoms with Gasteiger partial charge < -0.3 is 14.4 Å². The van der Waals surface area contributed by atoms with Gasteiger partial charge in [0.05, 0.1) is 37.1 Å². The smallest absolute Gasteiger partial charge is 0.269 e. The number of nitro benzene ring substituents is 1. The van der Waals surface area contributed by atoms with E-state index in [4.69, 9.17) is 9.47 Å². The number of morpholine rings is 2. The summed E-state index contributed by atoms with van der Waals surface area (Å²) >= 11 is 1.32. The molecule has 4 rings (SSSR count). The predicted octanol–water partition coefficient (Wildman–Crippen LogP) is 1.61. The fraction of sp³-hybridized carbons (Fsp3) is 0.476. The van der Waals surface area contributed by atoms with Crippen molar-refractivity contribution in [2.45, 2.75) is 5.16 Å². The average Bonchev–Trinajstić information content (AvgIpc) is 3.26. The molecule has 0 bridgehead atoms. The lowest BCUT2D eigenvalue weighted by Crippen LogP contribution is -2.41. The van der Waals surface area contributed by atoms with E-state index < -0.39 is 4.92 Å². The molecule has 0 radical (unpaired) electrons. The number of carbonyl (C=O) groups excluding carboxylic acids is 1. The van der Waals surface area contributed by atoms with Crippen LogP contribution in [-0.4, -0.2) is 100 Å². The Bertz CT molecular complexity index is 984. The Labute approximate surface area is 195 Å². The number of ether oxygens (including phenoxy) is 2. The highest BCUT2D eigenvalue weighted by molar-refractivity contribution is 7.99. The quantitative estimate of drug-likeness (QED) is 0.320. The molecule has 11 nitrogen and oxygen atoms in total. The summed E-state index contributed by atoms with van der Waals surface area (Å²) in [5.74, 6) is 0.840. The number of hydrogen-bond acceptors (Lipinski definition) is 9. The highest BCUT2D eigenvalue weighted by Gasteiger charge is 2.20. The standard InChI is InChI=1S/C21H26N6O5S/c28-19(25-10-14-32-15-11-25)16-33-21-23-22-20(17-2-4-18(5-3-17)27(29)30)26(21)7-1-6-24-8-12-31-13-9-24/h1-5,7H,6,8-16H2/b7-1+. The minimum Gasteiger partial charge on any atom is -0.379 e. The molecule has 0 spiro atoms. The summed E-state index contributed by atoms with van der Waals surface area (Å²) in [4.78, 5) is 27.2. The van der Waals surface area contributed by atoms with Gasteiger partial charge in [-0.2, -0.15) is 0 Å². The molecule has 0 N–H and O–H groups in total. The zero-order valence-electron chi connectivity index (χ0n) is 18.2. The number of thioether (sulfide) groups is 1. The van der Waals surface area contributed by atoms with Crippen molar-refractivity contribution >= 4 is 29.6 Å². The normalized spacial score (nSPS) is 17.5.